The molecule has 0 aliphatic rings. The van der Waals surface area contributed by atoms with E-state index in [1.54, 1.807) is 14.0 Å². The highest BCUT2D eigenvalue weighted by molar-refractivity contribution is 5.91. The topological polar surface area (TPSA) is 70.6 Å². The van der Waals surface area contributed by atoms with Gasteiger partial charge in [0, 0.05) is 18.2 Å². The van der Waals surface area contributed by atoms with Gasteiger partial charge in [-0.25, -0.2) is 0 Å². The van der Waals surface area contributed by atoms with Gasteiger partial charge >= 0.3 is 0 Å². The lowest BCUT2D eigenvalue weighted by atomic mass is 10.0. The number of aliphatic hydroxyl groups excluding tert-OH is 1. The number of nitrogens with one attached hydrogen (secondary N) is 2. The summed E-state index contributed by atoms with van der Waals surface area (Å²) in [5.74, 6) is 1.13. The Morgan fingerprint density at radius 3 is 2.41 bits per heavy atom. The van der Waals surface area contributed by atoms with Crippen molar-refractivity contribution < 1.29 is 14.6 Å². The lowest BCUT2D eigenvalue weighted by molar-refractivity contribution is -0.116. The van der Waals surface area contributed by atoms with Crippen LogP contribution in [0.3, 0.4) is 0 Å². The fourth-order valence-electron chi connectivity index (χ4n) is 2.30. The van der Waals surface area contributed by atoms with E-state index in [1.807, 2.05) is 31.2 Å². The summed E-state index contributed by atoms with van der Waals surface area (Å²) in [6.45, 7) is 6.66. The van der Waals surface area contributed by atoms with E-state index >= 15 is 0 Å². The van der Waals surface area contributed by atoms with Crippen molar-refractivity contribution in [3.05, 3.63) is 24.3 Å². The third-order valence-electron chi connectivity index (χ3n) is 3.42. The van der Waals surface area contributed by atoms with Gasteiger partial charge in [0.15, 0.2) is 0 Å². The van der Waals surface area contributed by atoms with E-state index in [0.29, 0.717) is 12.3 Å². The molecular weight excluding hydrogens is 280 g/mol. The average Bonchev–Trinajstić information content (AvgIpc) is 2.45. The van der Waals surface area contributed by atoms with Gasteiger partial charge in [-0.3, -0.25) is 4.79 Å². The van der Waals surface area contributed by atoms with Crippen LogP contribution in [0.2, 0.25) is 0 Å². The van der Waals surface area contributed by atoms with E-state index in [1.165, 1.54) is 0 Å². The summed E-state index contributed by atoms with van der Waals surface area (Å²) in [6.07, 6.45) is 0.885. The highest BCUT2D eigenvalue weighted by Crippen LogP contribution is 2.15. The van der Waals surface area contributed by atoms with Crippen molar-refractivity contribution in [3.8, 4) is 5.75 Å². The summed E-state index contributed by atoms with van der Waals surface area (Å²) < 4.78 is 5.08. The van der Waals surface area contributed by atoms with Crippen LogP contribution < -0.4 is 15.4 Å². The van der Waals surface area contributed by atoms with Gasteiger partial charge in [0.1, 0.15) is 5.75 Å². The Hall–Kier alpha value is -1.59. The van der Waals surface area contributed by atoms with E-state index < -0.39 is 0 Å². The minimum Gasteiger partial charge on any atom is -0.497 e. The molecule has 0 aliphatic heterocycles. The summed E-state index contributed by atoms with van der Waals surface area (Å²) in [5.41, 5.74) is 0.764. The third kappa shape index (κ3) is 7.43. The molecule has 124 valence electrons. The number of methoxy groups -OCH3 is 1. The Kier molecular flexibility index (Phi) is 7.91. The molecule has 3 unspecified atom stereocenters. The van der Waals surface area contributed by atoms with Crippen LogP contribution in [0.1, 0.15) is 33.6 Å². The molecule has 0 aromatic heterocycles. The van der Waals surface area contributed by atoms with Crippen LogP contribution in [0.25, 0.3) is 0 Å². The van der Waals surface area contributed by atoms with Crippen LogP contribution in [0.15, 0.2) is 24.3 Å². The Morgan fingerprint density at radius 1 is 1.23 bits per heavy atom. The Balaban J connectivity index is 2.31. The van der Waals surface area contributed by atoms with Crippen LogP contribution in [-0.2, 0) is 4.79 Å². The minimum atomic E-state index is -0.287. The number of hydrogen-bond donors (Lipinski definition) is 3. The van der Waals surface area contributed by atoms with Crippen molar-refractivity contribution in [2.75, 3.05) is 19.0 Å². The number of hydrogen-bond acceptors (Lipinski definition) is 4. The molecule has 0 spiro atoms. The van der Waals surface area contributed by atoms with Crippen LogP contribution in [0.4, 0.5) is 5.69 Å². The molecule has 1 aromatic rings. The van der Waals surface area contributed by atoms with Gasteiger partial charge in [-0.15, -0.1) is 0 Å². The first kappa shape index (κ1) is 18.5. The third-order valence-corrected chi connectivity index (χ3v) is 3.42. The number of ether oxygens (including phenoxy) is 1. The molecule has 0 heterocycles. The van der Waals surface area contributed by atoms with E-state index in [4.69, 9.17) is 4.74 Å². The van der Waals surface area contributed by atoms with Gasteiger partial charge in [0.05, 0.1) is 13.2 Å². The summed E-state index contributed by atoms with van der Waals surface area (Å²) in [7, 11) is 1.61. The van der Waals surface area contributed by atoms with Crippen molar-refractivity contribution in [1.29, 1.82) is 0 Å². The van der Waals surface area contributed by atoms with Gasteiger partial charge in [0.25, 0.3) is 0 Å². The number of benzene rings is 1. The van der Waals surface area contributed by atoms with E-state index in [2.05, 4.69) is 17.6 Å². The normalized spacial score (nSPS) is 15.0. The molecule has 0 radical (unpaired) electrons. The van der Waals surface area contributed by atoms with Crippen LogP contribution in [0.5, 0.6) is 5.75 Å². The van der Waals surface area contributed by atoms with E-state index in [0.717, 1.165) is 24.4 Å². The van der Waals surface area contributed by atoms with Gasteiger partial charge in [-0.05, 0) is 57.0 Å². The second-order valence-electron chi connectivity index (χ2n) is 5.98. The largest absolute Gasteiger partial charge is 0.497 e. The highest BCUT2D eigenvalue weighted by Gasteiger charge is 2.11. The van der Waals surface area contributed by atoms with Crippen LogP contribution in [-0.4, -0.2) is 36.8 Å². The summed E-state index contributed by atoms with van der Waals surface area (Å²) in [6, 6.07) is 7.36. The maximum atomic E-state index is 12.0. The average molecular weight is 308 g/mol. The summed E-state index contributed by atoms with van der Waals surface area (Å²) in [4.78, 5) is 12.0. The fourth-order valence-corrected chi connectivity index (χ4v) is 2.30. The predicted octanol–water partition coefficient (Wildman–Crippen LogP) is 2.41. The second kappa shape index (κ2) is 9.43. The van der Waals surface area contributed by atoms with Crippen LogP contribution >= 0.6 is 0 Å². The number of amides is 1. The zero-order valence-electron chi connectivity index (χ0n) is 13.9. The molecular formula is C17H28N2O3. The van der Waals surface area contributed by atoms with E-state index in [9.17, 15) is 9.90 Å². The Bertz CT molecular complexity index is 446. The minimum absolute atomic E-state index is 0.0200. The molecule has 1 amide bonds. The van der Waals surface area contributed by atoms with Crippen molar-refractivity contribution in [2.45, 2.75) is 45.8 Å². The number of rotatable bonds is 9. The molecule has 1 aromatic carbocycles. The Morgan fingerprint density at radius 2 is 1.86 bits per heavy atom. The monoisotopic (exact) mass is 308 g/mol. The molecule has 22 heavy (non-hydrogen) atoms. The molecule has 0 saturated heterocycles. The first-order valence-electron chi connectivity index (χ1n) is 7.76. The standard InChI is InChI=1S/C17H28N2O3/c1-12(9-14(3)20)11-18-13(2)10-17(21)19-15-5-7-16(22-4)8-6-15/h5-8,12-14,18,20H,9-11H2,1-4H3,(H,19,21). The molecule has 0 bridgehead atoms. The van der Waals surface area contributed by atoms with Crippen LogP contribution in [0, 0.1) is 5.92 Å². The molecule has 5 nitrogen and oxygen atoms in total. The lowest BCUT2D eigenvalue weighted by Crippen LogP contribution is -2.34. The summed E-state index contributed by atoms with van der Waals surface area (Å²) in [5, 5.41) is 15.5. The SMILES string of the molecule is COc1ccc(NC(=O)CC(C)NCC(C)CC(C)O)cc1. The predicted molar refractivity (Wildman–Crippen MR) is 89.2 cm³/mol. The molecule has 0 aliphatic carbocycles. The number of carbonyl (C=O) groups excluding carboxylic acids is 1. The summed E-state index contributed by atoms with van der Waals surface area (Å²) >= 11 is 0. The highest BCUT2D eigenvalue weighted by atomic mass is 16.5. The smallest absolute Gasteiger partial charge is 0.225 e. The number of carbonyl (C=O) groups is 1. The molecule has 3 atom stereocenters. The molecule has 5 heteroatoms. The van der Waals surface area contributed by atoms with Crippen molar-refractivity contribution in [2.24, 2.45) is 5.92 Å². The van der Waals surface area contributed by atoms with Gasteiger partial charge in [-0.2, -0.15) is 0 Å². The molecule has 1 rings (SSSR count). The maximum absolute atomic E-state index is 12.0. The van der Waals surface area contributed by atoms with Gasteiger partial charge in [-0.1, -0.05) is 6.92 Å². The Labute approximate surface area is 133 Å². The quantitative estimate of drug-likeness (QED) is 0.655. The first-order chi connectivity index (χ1) is 10.4. The van der Waals surface area contributed by atoms with Gasteiger partial charge < -0.3 is 20.5 Å². The second-order valence-corrected chi connectivity index (χ2v) is 5.98. The van der Waals surface area contributed by atoms with Gasteiger partial charge in [0.2, 0.25) is 5.91 Å². The molecule has 3 N–H and O–H groups in total. The zero-order valence-corrected chi connectivity index (χ0v) is 13.9. The lowest BCUT2D eigenvalue weighted by Gasteiger charge is -2.18. The fraction of sp³-hybridized carbons (Fsp3) is 0.588. The van der Waals surface area contributed by atoms with Crippen molar-refractivity contribution >= 4 is 11.6 Å². The first-order valence-corrected chi connectivity index (χ1v) is 7.76. The zero-order chi connectivity index (χ0) is 16.5. The molecule has 0 fully saturated rings. The number of anilines is 1. The maximum Gasteiger partial charge on any atom is 0.225 e. The number of aliphatic hydroxyl groups is 1. The molecule has 0 saturated carbocycles. The van der Waals surface area contributed by atoms with E-state index in [-0.39, 0.29) is 18.1 Å². The van der Waals surface area contributed by atoms with Crippen molar-refractivity contribution in [3.63, 3.8) is 0 Å². The van der Waals surface area contributed by atoms with Crippen molar-refractivity contribution in [1.82, 2.24) is 5.32 Å².